The van der Waals surface area contributed by atoms with Crippen LogP contribution in [0.3, 0.4) is 0 Å². The van der Waals surface area contributed by atoms with Crippen LogP contribution in [0.15, 0.2) is 54.0 Å². The van der Waals surface area contributed by atoms with E-state index in [1.54, 1.807) is 32.1 Å². The number of aliphatic hydroxyl groups excluding tert-OH is 1. The van der Waals surface area contributed by atoms with Crippen LogP contribution in [-0.4, -0.2) is 87.7 Å². The molecule has 0 aliphatic carbocycles. The third-order valence-corrected chi connectivity index (χ3v) is 11.2. The van der Waals surface area contributed by atoms with Gasteiger partial charge in [0.15, 0.2) is 0 Å². The van der Waals surface area contributed by atoms with Crippen LogP contribution in [-0.2, 0) is 30.3 Å². The standard InChI is InChI=1S/C45H64N6O8S/c1-28(31-17-19-32(20-18-31)39-29(2)47-27-60-39)48-41(55)36-24-34(52)25-51(36)42(56)40(44(3,4)5)50-38(54)16-11-9-10-13-30-14-12-15-35(23-30)58-26-33(21-22-37(46)53)49-43(57)59-45(6,7)8/h12,14-15,17-20,23,27-28,33-34,36,40,52H,9-11,13,16,21-22,24-26H2,1-8H3,(H2,46,53)(H,48,55)(H,49,57)(H,50,54)/t28-,33-,34+,36-,40+/m0/s1. The van der Waals surface area contributed by atoms with Gasteiger partial charge in [-0.1, -0.05) is 63.6 Å². The number of rotatable bonds is 19. The number of aromatic nitrogens is 1. The Kier molecular flexibility index (Phi) is 17.1. The summed E-state index contributed by atoms with van der Waals surface area (Å²) in [5.41, 5.74) is 9.78. The maximum absolute atomic E-state index is 14.1. The summed E-state index contributed by atoms with van der Waals surface area (Å²) in [6.45, 7) is 14.9. The van der Waals surface area contributed by atoms with Crippen LogP contribution in [0.1, 0.15) is 116 Å². The number of carbonyl (C=O) groups is 5. The fourth-order valence-corrected chi connectivity index (χ4v) is 7.83. The molecule has 1 aromatic heterocycles. The zero-order valence-electron chi connectivity index (χ0n) is 36.3. The molecule has 5 amide bonds. The van der Waals surface area contributed by atoms with E-state index in [1.807, 2.05) is 88.7 Å². The van der Waals surface area contributed by atoms with E-state index in [0.29, 0.717) is 18.6 Å². The summed E-state index contributed by atoms with van der Waals surface area (Å²) in [5.74, 6) is -0.863. The molecule has 328 valence electrons. The van der Waals surface area contributed by atoms with E-state index in [2.05, 4.69) is 20.9 Å². The van der Waals surface area contributed by atoms with Crippen molar-refractivity contribution in [2.45, 2.75) is 143 Å². The van der Waals surface area contributed by atoms with Gasteiger partial charge in [-0.05, 0) is 94.5 Å². The zero-order valence-corrected chi connectivity index (χ0v) is 37.2. The summed E-state index contributed by atoms with van der Waals surface area (Å²) in [4.78, 5) is 71.6. The second-order valence-corrected chi connectivity index (χ2v) is 18.6. The van der Waals surface area contributed by atoms with Crippen LogP contribution in [0.4, 0.5) is 4.79 Å². The summed E-state index contributed by atoms with van der Waals surface area (Å²) < 4.78 is 11.3. The Morgan fingerprint density at radius 2 is 1.68 bits per heavy atom. The van der Waals surface area contributed by atoms with Gasteiger partial charge in [-0.2, -0.15) is 0 Å². The van der Waals surface area contributed by atoms with Crippen molar-refractivity contribution in [3.63, 3.8) is 0 Å². The number of nitrogens with one attached hydrogen (secondary N) is 3. The van der Waals surface area contributed by atoms with Gasteiger partial charge in [0, 0.05) is 25.8 Å². The average Bonchev–Trinajstić information content (AvgIpc) is 3.78. The number of hydrogen-bond donors (Lipinski definition) is 5. The number of ether oxygens (including phenoxy) is 2. The Labute approximate surface area is 358 Å². The predicted molar refractivity (Wildman–Crippen MR) is 232 cm³/mol. The first-order valence-electron chi connectivity index (χ1n) is 20.8. The smallest absolute Gasteiger partial charge is 0.407 e. The van der Waals surface area contributed by atoms with Crippen LogP contribution >= 0.6 is 11.3 Å². The minimum absolute atomic E-state index is 0.00172. The molecule has 5 atom stereocenters. The molecule has 2 aromatic carbocycles. The van der Waals surface area contributed by atoms with Crippen molar-refractivity contribution in [1.82, 2.24) is 25.8 Å². The summed E-state index contributed by atoms with van der Waals surface area (Å²) in [7, 11) is 0. The lowest BCUT2D eigenvalue weighted by Crippen LogP contribution is -2.57. The van der Waals surface area contributed by atoms with Gasteiger partial charge >= 0.3 is 6.09 Å². The second-order valence-electron chi connectivity index (χ2n) is 17.7. The normalized spacial score (nSPS) is 17.0. The number of nitrogens with two attached hydrogens (primary N) is 1. The van der Waals surface area contributed by atoms with E-state index in [-0.39, 0.29) is 50.3 Å². The molecule has 15 heteroatoms. The molecule has 3 aromatic rings. The highest BCUT2D eigenvalue weighted by Gasteiger charge is 2.44. The highest BCUT2D eigenvalue weighted by Crippen LogP contribution is 2.30. The molecule has 1 saturated heterocycles. The molecular formula is C45H64N6O8S. The van der Waals surface area contributed by atoms with Gasteiger partial charge in [0.25, 0.3) is 0 Å². The number of amides is 5. The third-order valence-electron chi connectivity index (χ3n) is 10.2. The van der Waals surface area contributed by atoms with Crippen molar-refractivity contribution in [2.24, 2.45) is 11.1 Å². The van der Waals surface area contributed by atoms with Crippen molar-refractivity contribution in [2.75, 3.05) is 13.2 Å². The van der Waals surface area contributed by atoms with E-state index < -0.39 is 53.2 Å². The number of thiazole rings is 1. The number of benzene rings is 2. The molecule has 1 fully saturated rings. The van der Waals surface area contributed by atoms with Gasteiger partial charge in [-0.25, -0.2) is 9.78 Å². The number of aliphatic hydroxyl groups is 1. The van der Waals surface area contributed by atoms with Crippen molar-refractivity contribution in [3.05, 3.63) is 70.9 Å². The summed E-state index contributed by atoms with van der Waals surface area (Å²) in [5, 5.41) is 19.4. The largest absolute Gasteiger partial charge is 0.491 e. The second kappa shape index (κ2) is 21.5. The first-order chi connectivity index (χ1) is 28.2. The van der Waals surface area contributed by atoms with Crippen LogP contribution in [0.25, 0.3) is 10.4 Å². The molecule has 60 heavy (non-hydrogen) atoms. The summed E-state index contributed by atoms with van der Waals surface area (Å²) in [6.07, 6.45) is 2.21. The lowest BCUT2D eigenvalue weighted by Gasteiger charge is -2.35. The number of primary amides is 1. The number of aryl methyl sites for hydroxylation is 2. The highest BCUT2D eigenvalue weighted by atomic mass is 32.1. The SMILES string of the molecule is Cc1ncsc1-c1ccc([C@H](C)NC(=O)[C@@H]2C[C@@H](O)CN2C(=O)[C@@H](NC(=O)CCCCCc2cccc(OC[C@H](CCC(N)=O)NC(=O)OC(C)(C)C)c2)C(C)(C)C)cc1. The number of likely N-dealkylation sites (tertiary alicyclic amines) is 1. The molecular weight excluding hydrogens is 785 g/mol. The Bertz CT molecular complexity index is 1920. The van der Waals surface area contributed by atoms with Crippen LogP contribution < -0.4 is 26.4 Å². The van der Waals surface area contributed by atoms with Crippen LogP contribution in [0.5, 0.6) is 5.75 Å². The maximum Gasteiger partial charge on any atom is 0.407 e. The van der Waals surface area contributed by atoms with Crippen LogP contribution in [0, 0.1) is 12.3 Å². The minimum atomic E-state index is -0.900. The summed E-state index contributed by atoms with van der Waals surface area (Å²) >= 11 is 1.57. The van der Waals surface area contributed by atoms with Crippen molar-refractivity contribution >= 4 is 41.1 Å². The van der Waals surface area contributed by atoms with Crippen molar-refractivity contribution < 1.29 is 38.6 Å². The Morgan fingerprint density at radius 3 is 2.32 bits per heavy atom. The Hall–Kier alpha value is -5.02. The quantitative estimate of drug-likeness (QED) is 0.0880. The lowest BCUT2D eigenvalue weighted by atomic mass is 9.85. The number of nitrogens with zero attached hydrogens (tertiary/aromatic N) is 2. The topological polar surface area (TPSA) is 202 Å². The van der Waals surface area contributed by atoms with E-state index >= 15 is 0 Å². The lowest BCUT2D eigenvalue weighted by molar-refractivity contribution is -0.144. The molecule has 4 rings (SSSR count). The molecule has 1 aliphatic rings. The fraction of sp³-hybridized carbons (Fsp3) is 0.556. The highest BCUT2D eigenvalue weighted by molar-refractivity contribution is 7.13. The Balaban J connectivity index is 1.25. The van der Waals surface area contributed by atoms with Crippen LogP contribution in [0.2, 0.25) is 0 Å². The van der Waals surface area contributed by atoms with Gasteiger partial charge < -0.3 is 41.2 Å². The molecule has 0 unspecified atom stereocenters. The first kappa shape index (κ1) is 47.7. The average molecular weight is 849 g/mol. The van der Waals surface area contributed by atoms with E-state index in [9.17, 15) is 29.1 Å². The molecule has 2 heterocycles. The monoisotopic (exact) mass is 848 g/mol. The number of β-amino-alcohol motifs (C(OH)–C–C–N with tert-alkyl or cyclic N) is 1. The molecule has 1 aliphatic heterocycles. The van der Waals surface area contributed by atoms with Crippen molar-refractivity contribution in [3.8, 4) is 16.2 Å². The molecule has 0 bridgehead atoms. The van der Waals surface area contributed by atoms with E-state index in [0.717, 1.165) is 46.5 Å². The molecule has 0 saturated carbocycles. The number of hydrogen-bond acceptors (Lipinski definition) is 10. The van der Waals surface area contributed by atoms with Gasteiger partial charge in [0.1, 0.15) is 30.0 Å². The number of unbranched alkanes of at least 4 members (excludes halogenated alkanes) is 2. The first-order valence-corrected chi connectivity index (χ1v) is 21.7. The van der Waals surface area contributed by atoms with Gasteiger partial charge in [-0.3, -0.25) is 19.2 Å². The molecule has 6 N–H and O–H groups in total. The minimum Gasteiger partial charge on any atom is -0.491 e. The molecule has 14 nitrogen and oxygen atoms in total. The van der Waals surface area contributed by atoms with Gasteiger partial charge in [0.2, 0.25) is 23.6 Å². The Morgan fingerprint density at radius 1 is 0.967 bits per heavy atom. The van der Waals surface area contributed by atoms with E-state index in [4.69, 9.17) is 15.2 Å². The van der Waals surface area contributed by atoms with Crippen molar-refractivity contribution in [1.29, 1.82) is 0 Å². The predicted octanol–water partition coefficient (Wildman–Crippen LogP) is 6.13. The molecule has 0 spiro atoms. The molecule has 0 radical (unpaired) electrons. The fourth-order valence-electron chi connectivity index (χ4n) is 7.02. The number of carbonyl (C=O) groups excluding carboxylic acids is 5. The zero-order chi connectivity index (χ0) is 44.2. The van der Waals surface area contributed by atoms with Gasteiger partial charge in [0.05, 0.1) is 34.3 Å². The summed E-state index contributed by atoms with van der Waals surface area (Å²) in [6, 6.07) is 13.0. The number of alkyl carbamates (subject to hydrolysis) is 1. The van der Waals surface area contributed by atoms with E-state index in [1.165, 1.54) is 4.90 Å². The maximum atomic E-state index is 14.1. The van der Waals surface area contributed by atoms with Gasteiger partial charge in [-0.15, -0.1) is 11.3 Å². The third kappa shape index (κ3) is 14.9.